The summed E-state index contributed by atoms with van der Waals surface area (Å²) >= 11 is 5.97. The van der Waals surface area contributed by atoms with Crippen LogP contribution < -0.4 is 5.43 Å². The molecule has 0 spiro atoms. The lowest BCUT2D eigenvalue weighted by Gasteiger charge is -1.98. The molecule has 0 atom stereocenters. The van der Waals surface area contributed by atoms with Crippen molar-refractivity contribution in [1.29, 1.82) is 0 Å². The first kappa shape index (κ1) is 13.7. The van der Waals surface area contributed by atoms with Crippen molar-refractivity contribution in [2.75, 3.05) is 0 Å². The lowest BCUT2D eigenvalue weighted by molar-refractivity contribution is 0.432. The van der Waals surface area contributed by atoms with E-state index in [2.05, 4.69) is 15.1 Å². The summed E-state index contributed by atoms with van der Waals surface area (Å²) in [5.74, 6) is 0.557. The van der Waals surface area contributed by atoms with E-state index >= 15 is 0 Å². The van der Waals surface area contributed by atoms with Crippen molar-refractivity contribution in [3.8, 4) is 22.8 Å². The van der Waals surface area contributed by atoms with Crippen LogP contribution in [0.3, 0.4) is 0 Å². The average molecular weight is 324 g/mol. The number of aromatic amines is 1. The summed E-state index contributed by atoms with van der Waals surface area (Å²) in [5, 5.41) is 5.08. The topological polar surface area (TPSA) is 71.8 Å². The van der Waals surface area contributed by atoms with Gasteiger partial charge in [-0.05, 0) is 24.3 Å². The van der Waals surface area contributed by atoms with Gasteiger partial charge in [-0.1, -0.05) is 41.0 Å². The summed E-state index contributed by atoms with van der Waals surface area (Å²) in [5.41, 5.74) is 1.67. The number of hydrogen-bond donors (Lipinski definition) is 1. The Morgan fingerprint density at radius 1 is 1.09 bits per heavy atom. The van der Waals surface area contributed by atoms with Crippen LogP contribution in [0.25, 0.3) is 33.7 Å². The van der Waals surface area contributed by atoms with Crippen molar-refractivity contribution < 1.29 is 4.52 Å². The number of pyridine rings is 1. The molecule has 23 heavy (non-hydrogen) atoms. The van der Waals surface area contributed by atoms with Crippen molar-refractivity contribution in [1.82, 2.24) is 15.1 Å². The summed E-state index contributed by atoms with van der Waals surface area (Å²) in [6.45, 7) is 0. The van der Waals surface area contributed by atoms with Crippen LogP contribution in [0.5, 0.6) is 0 Å². The van der Waals surface area contributed by atoms with Gasteiger partial charge in [-0.2, -0.15) is 4.98 Å². The highest BCUT2D eigenvalue weighted by molar-refractivity contribution is 6.30. The van der Waals surface area contributed by atoms with E-state index in [9.17, 15) is 4.79 Å². The fourth-order valence-corrected chi connectivity index (χ4v) is 2.59. The molecule has 6 heteroatoms. The van der Waals surface area contributed by atoms with Gasteiger partial charge in [0.05, 0.1) is 0 Å². The summed E-state index contributed by atoms with van der Waals surface area (Å²) < 4.78 is 5.25. The Balaban J connectivity index is 1.83. The molecule has 0 saturated heterocycles. The molecule has 0 fully saturated rings. The van der Waals surface area contributed by atoms with Crippen molar-refractivity contribution in [2.24, 2.45) is 0 Å². The smallest absolute Gasteiger partial charge is 0.263 e. The SMILES string of the molecule is O=c1c(-c2nc(-c3cccc(Cl)c3)no2)c[nH]c2ccccc12. The molecule has 5 nitrogen and oxygen atoms in total. The number of aromatic nitrogens is 3. The second-order valence-corrected chi connectivity index (χ2v) is 5.45. The minimum Gasteiger partial charge on any atom is -0.360 e. The largest absolute Gasteiger partial charge is 0.360 e. The molecule has 0 saturated carbocycles. The minimum absolute atomic E-state index is 0.152. The first-order chi connectivity index (χ1) is 11.2. The second-order valence-electron chi connectivity index (χ2n) is 5.01. The Hall–Kier alpha value is -2.92. The fourth-order valence-electron chi connectivity index (χ4n) is 2.40. The van der Waals surface area contributed by atoms with Crippen molar-refractivity contribution in [2.45, 2.75) is 0 Å². The summed E-state index contributed by atoms with van der Waals surface area (Å²) in [4.78, 5) is 19.9. The monoisotopic (exact) mass is 323 g/mol. The van der Waals surface area contributed by atoms with Gasteiger partial charge >= 0.3 is 0 Å². The van der Waals surface area contributed by atoms with Crippen molar-refractivity contribution in [3.05, 3.63) is 70.0 Å². The number of rotatable bonds is 2. The van der Waals surface area contributed by atoms with Crippen LogP contribution in [0.2, 0.25) is 5.02 Å². The van der Waals surface area contributed by atoms with Crippen LogP contribution in [0.1, 0.15) is 0 Å². The molecule has 4 rings (SSSR count). The highest BCUT2D eigenvalue weighted by atomic mass is 35.5. The molecular formula is C17H10ClN3O2. The maximum absolute atomic E-state index is 12.6. The van der Waals surface area contributed by atoms with E-state index in [0.717, 1.165) is 11.1 Å². The number of nitrogens with zero attached hydrogens (tertiary/aromatic N) is 2. The third kappa shape index (κ3) is 2.41. The van der Waals surface area contributed by atoms with E-state index in [0.29, 0.717) is 21.8 Å². The molecule has 0 radical (unpaired) electrons. The van der Waals surface area contributed by atoms with E-state index in [1.807, 2.05) is 24.3 Å². The van der Waals surface area contributed by atoms with Gasteiger partial charge in [0.25, 0.3) is 5.89 Å². The molecule has 0 aliphatic rings. The van der Waals surface area contributed by atoms with Gasteiger partial charge in [-0.3, -0.25) is 4.79 Å². The van der Waals surface area contributed by atoms with E-state index in [1.54, 1.807) is 30.5 Å². The normalized spacial score (nSPS) is 11.0. The zero-order valence-corrected chi connectivity index (χ0v) is 12.5. The minimum atomic E-state index is -0.152. The molecule has 2 aromatic heterocycles. The highest BCUT2D eigenvalue weighted by Gasteiger charge is 2.15. The van der Waals surface area contributed by atoms with Gasteiger partial charge in [0.15, 0.2) is 0 Å². The molecule has 2 heterocycles. The van der Waals surface area contributed by atoms with Gasteiger partial charge in [-0.15, -0.1) is 0 Å². The molecule has 1 N–H and O–H groups in total. The first-order valence-corrected chi connectivity index (χ1v) is 7.30. The summed E-state index contributed by atoms with van der Waals surface area (Å²) in [7, 11) is 0. The first-order valence-electron chi connectivity index (χ1n) is 6.93. The number of nitrogens with one attached hydrogen (secondary N) is 1. The number of hydrogen-bond acceptors (Lipinski definition) is 4. The summed E-state index contributed by atoms with van der Waals surface area (Å²) in [6.07, 6.45) is 1.58. The fraction of sp³-hybridized carbons (Fsp3) is 0. The average Bonchev–Trinajstić information content (AvgIpc) is 3.05. The van der Waals surface area contributed by atoms with Crippen LogP contribution in [0, 0.1) is 0 Å². The van der Waals surface area contributed by atoms with Crippen LogP contribution in [0.4, 0.5) is 0 Å². The Bertz CT molecular complexity index is 1070. The Morgan fingerprint density at radius 2 is 1.96 bits per heavy atom. The number of H-pyrrole nitrogens is 1. The molecule has 0 bridgehead atoms. The molecule has 112 valence electrons. The molecule has 0 unspecified atom stereocenters. The summed E-state index contributed by atoms with van der Waals surface area (Å²) in [6, 6.07) is 14.4. The van der Waals surface area contributed by atoms with Gasteiger partial charge < -0.3 is 9.51 Å². The van der Waals surface area contributed by atoms with E-state index in [4.69, 9.17) is 16.1 Å². The molecule has 0 aliphatic heterocycles. The standard InChI is InChI=1S/C17H10ClN3O2/c18-11-5-3-4-10(8-11)16-20-17(23-21-16)13-9-19-14-7-2-1-6-12(14)15(13)22/h1-9H,(H,19,22). The predicted molar refractivity (Wildman–Crippen MR) is 88.3 cm³/mol. The van der Waals surface area contributed by atoms with Gasteiger partial charge in [-0.25, -0.2) is 0 Å². The van der Waals surface area contributed by atoms with Crippen molar-refractivity contribution >= 4 is 22.5 Å². The zero-order chi connectivity index (χ0) is 15.8. The van der Waals surface area contributed by atoms with E-state index in [1.165, 1.54) is 0 Å². The molecule has 0 aliphatic carbocycles. The quantitative estimate of drug-likeness (QED) is 0.607. The lowest BCUT2D eigenvalue weighted by Crippen LogP contribution is -2.06. The molecule has 4 aromatic rings. The van der Waals surface area contributed by atoms with Crippen molar-refractivity contribution in [3.63, 3.8) is 0 Å². The van der Waals surface area contributed by atoms with Crippen LogP contribution in [-0.4, -0.2) is 15.1 Å². The highest BCUT2D eigenvalue weighted by Crippen LogP contribution is 2.23. The van der Waals surface area contributed by atoms with Crippen LogP contribution in [0.15, 0.2) is 64.0 Å². The lowest BCUT2D eigenvalue weighted by atomic mass is 10.1. The predicted octanol–water partition coefficient (Wildman–Crippen LogP) is 3.90. The van der Waals surface area contributed by atoms with E-state index < -0.39 is 0 Å². The molecular weight excluding hydrogens is 314 g/mol. The third-order valence-corrected chi connectivity index (χ3v) is 3.76. The number of halogens is 1. The van der Waals surface area contributed by atoms with Gasteiger partial charge in [0.1, 0.15) is 5.56 Å². The number of fused-ring (bicyclic) bond motifs is 1. The van der Waals surface area contributed by atoms with Crippen LogP contribution >= 0.6 is 11.6 Å². The Kier molecular flexibility index (Phi) is 3.20. The Labute approximate surface area is 135 Å². The second kappa shape index (κ2) is 5.37. The van der Waals surface area contributed by atoms with Crippen LogP contribution in [-0.2, 0) is 0 Å². The zero-order valence-electron chi connectivity index (χ0n) is 11.8. The maximum Gasteiger partial charge on any atom is 0.263 e. The van der Waals surface area contributed by atoms with Gasteiger partial charge in [0.2, 0.25) is 11.3 Å². The maximum atomic E-state index is 12.6. The number of para-hydroxylation sites is 1. The van der Waals surface area contributed by atoms with E-state index in [-0.39, 0.29) is 11.3 Å². The third-order valence-electron chi connectivity index (χ3n) is 3.53. The van der Waals surface area contributed by atoms with Gasteiger partial charge in [0, 0.05) is 27.7 Å². The Morgan fingerprint density at radius 3 is 2.83 bits per heavy atom. The molecule has 2 aromatic carbocycles. The number of benzene rings is 2. The molecule has 0 amide bonds.